The summed E-state index contributed by atoms with van der Waals surface area (Å²) in [5.41, 5.74) is 0.881. The molecule has 0 saturated heterocycles. The molecule has 0 amide bonds. The molecule has 4 heteroatoms. The first-order chi connectivity index (χ1) is 9.56. The molecule has 0 aliphatic heterocycles. The lowest BCUT2D eigenvalue weighted by Crippen LogP contribution is -1.97. The first-order valence-electron chi connectivity index (χ1n) is 6.00. The highest BCUT2D eigenvalue weighted by molar-refractivity contribution is 14.1. The van der Waals surface area contributed by atoms with Crippen molar-refractivity contribution >= 4 is 33.6 Å². The Kier molecular flexibility index (Phi) is 4.79. The van der Waals surface area contributed by atoms with E-state index in [0.717, 1.165) is 10.9 Å². The van der Waals surface area contributed by atoms with Gasteiger partial charge < -0.3 is 9.52 Å². The summed E-state index contributed by atoms with van der Waals surface area (Å²) in [6.07, 6.45) is 0. The van der Waals surface area contributed by atoms with Crippen LogP contribution in [0.2, 0.25) is 0 Å². The first kappa shape index (κ1) is 14.6. The summed E-state index contributed by atoms with van der Waals surface area (Å²) in [6.45, 7) is 1.83. The highest BCUT2D eigenvalue weighted by atomic mass is 127. The summed E-state index contributed by atoms with van der Waals surface area (Å²) in [4.78, 5) is 11.0. The van der Waals surface area contributed by atoms with Crippen LogP contribution in [-0.4, -0.2) is 5.11 Å². The Balaban J connectivity index is 0.000000178. The van der Waals surface area contributed by atoms with Crippen molar-refractivity contribution in [1.82, 2.24) is 0 Å². The number of halogens is 1. The third kappa shape index (κ3) is 3.84. The Bertz CT molecular complexity index is 764. The van der Waals surface area contributed by atoms with Gasteiger partial charge in [0.05, 0.1) is 0 Å². The molecule has 1 aromatic heterocycles. The molecule has 0 saturated carbocycles. The van der Waals surface area contributed by atoms with Crippen LogP contribution in [0.5, 0.6) is 5.75 Å². The summed E-state index contributed by atoms with van der Waals surface area (Å²) < 4.78 is 6.20. The SMILES string of the molecule is Cc1cc(=O)oc2cc(O)ccc12.Ic1ccccc1. The Morgan fingerprint density at radius 3 is 2.35 bits per heavy atom. The monoisotopic (exact) mass is 380 g/mol. The maximum Gasteiger partial charge on any atom is 0.336 e. The van der Waals surface area contributed by atoms with Crippen LogP contribution in [0.25, 0.3) is 11.0 Å². The third-order valence-electron chi connectivity index (χ3n) is 2.67. The van der Waals surface area contributed by atoms with E-state index in [0.29, 0.717) is 5.58 Å². The normalized spacial score (nSPS) is 9.90. The van der Waals surface area contributed by atoms with Gasteiger partial charge in [-0.2, -0.15) is 0 Å². The van der Waals surface area contributed by atoms with Gasteiger partial charge in [0, 0.05) is 21.1 Å². The molecule has 1 N–H and O–H groups in total. The van der Waals surface area contributed by atoms with Crippen LogP contribution in [0.15, 0.2) is 63.8 Å². The number of rotatable bonds is 0. The van der Waals surface area contributed by atoms with Crippen LogP contribution in [0.1, 0.15) is 5.56 Å². The van der Waals surface area contributed by atoms with Crippen molar-refractivity contribution in [2.75, 3.05) is 0 Å². The number of aromatic hydroxyl groups is 1. The van der Waals surface area contributed by atoms with Gasteiger partial charge in [-0.1, -0.05) is 18.2 Å². The van der Waals surface area contributed by atoms with Gasteiger partial charge in [-0.05, 0) is 59.3 Å². The average molecular weight is 380 g/mol. The summed E-state index contributed by atoms with van der Waals surface area (Å²) in [7, 11) is 0. The van der Waals surface area contributed by atoms with Crippen molar-refractivity contribution in [3.8, 4) is 5.75 Å². The fourth-order valence-corrected chi connectivity index (χ4v) is 2.14. The maximum atomic E-state index is 11.0. The van der Waals surface area contributed by atoms with Gasteiger partial charge in [0.1, 0.15) is 11.3 Å². The molecule has 3 rings (SSSR count). The van der Waals surface area contributed by atoms with Crippen LogP contribution >= 0.6 is 22.6 Å². The van der Waals surface area contributed by atoms with E-state index in [-0.39, 0.29) is 5.75 Å². The average Bonchev–Trinajstić information content (AvgIpc) is 2.39. The smallest absolute Gasteiger partial charge is 0.336 e. The van der Waals surface area contributed by atoms with Crippen molar-refractivity contribution < 1.29 is 9.52 Å². The van der Waals surface area contributed by atoms with E-state index < -0.39 is 5.63 Å². The number of aryl methyl sites for hydroxylation is 1. The van der Waals surface area contributed by atoms with Gasteiger partial charge in [-0.3, -0.25) is 0 Å². The lowest BCUT2D eigenvalue weighted by Gasteiger charge is -1.99. The van der Waals surface area contributed by atoms with Gasteiger partial charge in [-0.25, -0.2) is 4.79 Å². The second-order valence-corrected chi connectivity index (χ2v) is 5.47. The molecular weight excluding hydrogens is 367 g/mol. The summed E-state index contributed by atoms with van der Waals surface area (Å²) >= 11 is 2.28. The molecule has 0 aliphatic rings. The molecule has 0 bridgehead atoms. The van der Waals surface area contributed by atoms with E-state index in [2.05, 4.69) is 34.7 Å². The minimum atomic E-state index is -0.393. The molecule has 0 atom stereocenters. The third-order valence-corrected chi connectivity index (χ3v) is 3.39. The zero-order chi connectivity index (χ0) is 14.5. The van der Waals surface area contributed by atoms with Gasteiger partial charge in [0.25, 0.3) is 0 Å². The van der Waals surface area contributed by atoms with Crippen molar-refractivity contribution in [2.45, 2.75) is 6.92 Å². The number of phenols is 1. The fraction of sp³-hybridized carbons (Fsp3) is 0.0625. The number of hydrogen-bond donors (Lipinski definition) is 1. The van der Waals surface area contributed by atoms with Gasteiger partial charge >= 0.3 is 5.63 Å². The second-order valence-electron chi connectivity index (χ2n) is 4.22. The number of hydrogen-bond acceptors (Lipinski definition) is 3. The molecule has 102 valence electrons. The zero-order valence-electron chi connectivity index (χ0n) is 10.8. The summed E-state index contributed by atoms with van der Waals surface area (Å²) in [5, 5.41) is 9.99. The number of benzene rings is 2. The topological polar surface area (TPSA) is 50.4 Å². The molecule has 3 aromatic rings. The van der Waals surface area contributed by atoms with Crippen LogP contribution in [0, 0.1) is 10.5 Å². The lowest BCUT2D eigenvalue weighted by molar-refractivity contribution is 0.473. The van der Waals surface area contributed by atoms with Gasteiger partial charge in [0.15, 0.2) is 0 Å². The Hall–Kier alpha value is -1.82. The van der Waals surface area contributed by atoms with Gasteiger partial charge in [-0.15, -0.1) is 0 Å². The summed E-state index contributed by atoms with van der Waals surface area (Å²) in [5.74, 6) is 0.0984. The van der Waals surface area contributed by atoms with Crippen molar-refractivity contribution in [3.05, 3.63) is 74.2 Å². The predicted molar refractivity (Wildman–Crippen MR) is 88.0 cm³/mol. The number of fused-ring (bicyclic) bond motifs is 1. The van der Waals surface area contributed by atoms with Crippen molar-refractivity contribution in [3.63, 3.8) is 0 Å². The Morgan fingerprint density at radius 2 is 1.75 bits per heavy atom. The minimum Gasteiger partial charge on any atom is -0.508 e. The van der Waals surface area contributed by atoms with E-state index in [1.807, 2.05) is 25.1 Å². The molecule has 0 aliphatic carbocycles. The van der Waals surface area contributed by atoms with Crippen LogP contribution in [-0.2, 0) is 0 Å². The second kappa shape index (κ2) is 6.56. The molecule has 1 heterocycles. The molecular formula is C16H13IO3. The zero-order valence-corrected chi connectivity index (χ0v) is 13.0. The predicted octanol–water partition coefficient (Wildman–Crippen LogP) is 4.10. The van der Waals surface area contributed by atoms with Gasteiger partial charge in [0.2, 0.25) is 0 Å². The van der Waals surface area contributed by atoms with Crippen molar-refractivity contribution in [1.29, 1.82) is 0 Å². The largest absolute Gasteiger partial charge is 0.508 e. The molecule has 20 heavy (non-hydrogen) atoms. The maximum absolute atomic E-state index is 11.0. The molecule has 3 nitrogen and oxygen atoms in total. The fourth-order valence-electron chi connectivity index (χ4n) is 1.73. The van der Waals surface area contributed by atoms with Crippen molar-refractivity contribution in [2.24, 2.45) is 0 Å². The molecule has 0 radical (unpaired) electrons. The quantitative estimate of drug-likeness (QED) is 0.472. The van der Waals surface area contributed by atoms with E-state index in [4.69, 9.17) is 9.52 Å². The first-order valence-corrected chi connectivity index (χ1v) is 7.08. The van der Waals surface area contributed by atoms with E-state index in [1.54, 1.807) is 12.1 Å². The lowest BCUT2D eigenvalue weighted by atomic mass is 10.1. The molecule has 0 unspecified atom stereocenters. The van der Waals surface area contributed by atoms with E-state index >= 15 is 0 Å². The highest BCUT2D eigenvalue weighted by Gasteiger charge is 2.01. The van der Waals surface area contributed by atoms with Crippen LogP contribution in [0.3, 0.4) is 0 Å². The number of phenolic OH excluding ortho intramolecular Hbond substituents is 1. The highest BCUT2D eigenvalue weighted by Crippen LogP contribution is 2.20. The molecule has 2 aromatic carbocycles. The van der Waals surface area contributed by atoms with Crippen LogP contribution in [0.4, 0.5) is 0 Å². The minimum absolute atomic E-state index is 0.0984. The van der Waals surface area contributed by atoms with Crippen LogP contribution < -0.4 is 5.63 Å². The standard InChI is InChI=1S/C10H8O3.C6H5I/c1-6-4-10(12)13-9-5-7(11)2-3-8(6)9;7-6-4-2-1-3-5-6/h2-5,11H,1H3;1-5H. The molecule has 0 spiro atoms. The Morgan fingerprint density at radius 1 is 1.05 bits per heavy atom. The van der Waals surface area contributed by atoms with E-state index in [1.165, 1.54) is 15.7 Å². The van der Waals surface area contributed by atoms with E-state index in [9.17, 15) is 4.79 Å². The Labute approximate surface area is 130 Å². The summed E-state index contributed by atoms with van der Waals surface area (Å²) in [6, 6.07) is 16.4. The molecule has 0 fully saturated rings.